The minimum atomic E-state index is -0.0969. The summed E-state index contributed by atoms with van der Waals surface area (Å²) < 4.78 is 7.65. The zero-order valence-corrected chi connectivity index (χ0v) is 16.6. The zero-order valence-electron chi connectivity index (χ0n) is 16.6. The molecule has 3 aromatic rings. The van der Waals surface area contributed by atoms with Crippen LogP contribution in [0, 0.1) is 23.7 Å². The third-order valence-corrected chi connectivity index (χ3v) is 5.58. The fraction of sp³-hybridized carbons (Fsp3) is 0.391. The summed E-state index contributed by atoms with van der Waals surface area (Å²) in [4.78, 5) is 4.38. The molecule has 1 aliphatic rings. The van der Waals surface area contributed by atoms with Crippen LogP contribution in [-0.2, 0) is 6.42 Å². The van der Waals surface area contributed by atoms with Gasteiger partial charge in [-0.3, -0.25) is 0 Å². The van der Waals surface area contributed by atoms with Crippen molar-refractivity contribution in [3.05, 3.63) is 59.8 Å². The second-order valence-corrected chi connectivity index (χ2v) is 7.54. The minimum Gasteiger partial charge on any atom is -0.396 e. The van der Waals surface area contributed by atoms with Gasteiger partial charge in [0, 0.05) is 55.1 Å². The van der Waals surface area contributed by atoms with Gasteiger partial charge in [-0.15, -0.1) is 0 Å². The first kappa shape index (κ1) is 19.4. The number of imidazole rings is 1. The number of aliphatic hydroxyl groups excluding tert-OH is 1. The van der Waals surface area contributed by atoms with Crippen molar-refractivity contribution >= 4 is 0 Å². The Morgan fingerprint density at radius 3 is 2.79 bits per heavy atom. The molecule has 6 heteroatoms. The molecule has 1 saturated carbocycles. The minimum absolute atomic E-state index is 0.0969. The van der Waals surface area contributed by atoms with Crippen molar-refractivity contribution in [1.29, 1.82) is 0 Å². The maximum Gasteiger partial charge on any atom is 0.167 e. The first-order chi connectivity index (χ1) is 14.2. The first-order valence-corrected chi connectivity index (χ1v) is 10.1. The molecule has 1 unspecified atom stereocenters. The van der Waals surface area contributed by atoms with Gasteiger partial charge in [0.1, 0.15) is 11.5 Å². The van der Waals surface area contributed by atoms with Crippen LogP contribution in [-0.4, -0.2) is 33.0 Å². The van der Waals surface area contributed by atoms with E-state index in [1.807, 2.05) is 36.5 Å². The number of benzene rings is 1. The van der Waals surface area contributed by atoms with Gasteiger partial charge in [-0.1, -0.05) is 23.9 Å². The third kappa shape index (κ3) is 4.12. The van der Waals surface area contributed by atoms with E-state index in [1.165, 1.54) is 0 Å². The van der Waals surface area contributed by atoms with E-state index in [4.69, 9.17) is 15.4 Å². The number of rotatable bonds is 6. The zero-order chi connectivity index (χ0) is 20.2. The van der Waals surface area contributed by atoms with E-state index in [2.05, 4.69) is 33.5 Å². The molecule has 6 nitrogen and oxygen atoms in total. The normalized spacial score (nSPS) is 19.3. The summed E-state index contributed by atoms with van der Waals surface area (Å²) in [5.74, 6) is 9.05. The molecular formula is C23H26N4O2. The second-order valence-electron chi connectivity index (χ2n) is 7.54. The first-order valence-electron chi connectivity index (χ1n) is 10.1. The predicted octanol–water partition coefficient (Wildman–Crippen LogP) is 3.02. The molecule has 0 aliphatic heterocycles. The van der Waals surface area contributed by atoms with Crippen molar-refractivity contribution < 1.29 is 9.63 Å². The van der Waals surface area contributed by atoms with E-state index in [9.17, 15) is 0 Å². The summed E-state index contributed by atoms with van der Waals surface area (Å²) in [6, 6.07) is 9.84. The number of aliphatic hydroxyl groups is 1. The number of hydrogen-bond acceptors (Lipinski definition) is 5. The summed E-state index contributed by atoms with van der Waals surface area (Å²) in [7, 11) is 0. The highest BCUT2D eigenvalue weighted by Gasteiger charge is 2.26. The van der Waals surface area contributed by atoms with Crippen molar-refractivity contribution in [2.45, 2.75) is 32.2 Å². The molecule has 150 valence electrons. The van der Waals surface area contributed by atoms with Crippen molar-refractivity contribution in [1.82, 2.24) is 14.7 Å². The van der Waals surface area contributed by atoms with Gasteiger partial charge in [0.25, 0.3) is 0 Å². The standard InChI is InChI=1S/C23H26N4O2/c1-2-23-25-9-10-27(23)21(14-24)20-13-22(29-26-20)19-7-5-16(6-8-19)3-4-17-11-18(12-17)15-28/h5-10,13,17-18,21,28H,2,11-12,14-15,24H2,1H3. The van der Waals surface area contributed by atoms with Crippen molar-refractivity contribution in [3.63, 3.8) is 0 Å². The van der Waals surface area contributed by atoms with E-state index < -0.39 is 0 Å². The number of nitrogens with two attached hydrogens (primary N) is 1. The van der Waals surface area contributed by atoms with Gasteiger partial charge >= 0.3 is 0 Å². The molecule has 29 heavy (non-hydrogen) atoms. The van der Waals surface area contributed by atoms with Gasteiger partial charge < -0.3 is 19.9 Å². The quantitative estimate of drug-likeness (QED) is 0.632. The lowest BCUT2D eigenvalue weighted by Gasteiger charge is -2.29. The highest BCUT2D eigenvalue weighted by atomic mass is 16.5. The molecule has 1 aliphatic carbocycles. The number of aromatic nitrogens is 3. The van der Waals surface area contributed by atoms with Gasteiger partial charge in [-0.05, 0) is 43.0 Å². The molecule has 0 saturated heterocycles. The second kappa shape index (κ2) is 8.64. The number of hydrogen-bond donors (Lipinski definition) is 2. The fourth-order valence-corrected chi connectivity index (χ4v) is 3.77. The van der Waals surface area contributed by atoms with Crippen LogP contribution in [0.5, 0.6) is 0 Å². The lowest BCUT2D eigenvalue weighted by atomic mass is 9.76. The Hall–Kier alpha value is -2.88. The van der Waals surface area contributed by atoms with Gasteiger partial charge in [0.15, 0.2) is 5.76 Å². The SMILES string of the molecule is CCc1nccn1C(CN)c1cc(-c2ccc(C#CC3CC(CO)C3)cc2)on1. The van der Waals surface area contributed by atoms with E-state index in [-0.39, 0.29) is 12.6 Å². The largest absolute Gasteiger partial charge is 0.396 e. The fourth-order valence-electron chi connectivity index (χ4n) is 3.77. The predicted molar refractivity (Wildman–Crippen MR) is 111 cm³/mol. The van der Waals surface area contributed by atoms with Gasteiger partial charge in [0.2, 0.25) is 0 Å². The highest BCUT2D eigenvalue weighted by Crippen LogP contribution is 2.32. The monoisotopic (exact) mass is 390 g/mol. The molecule has 3 N–H and O–H groups in total. The van der Waals surface area contributed by atoms with Crippen LogP contribution in [0.1, 0.15) is 42.9 Å². The Morgan fingerprint density at radius 1 is 1.31 bits per heavy atom. The third-order valence-electron chi connectivity index (χ3n) is 5.58. The Morgan fingerprint density at radius 2 is 2.10 bits per heavy atom. The van der Waals surface area contributed by atoms with Crippen molar-refractivity contribution in [2.75, 3.05) is 13.2 Å². The molecule has 1 atom stereocenters. The summed E-state index contributed by atoms with van der Waals surface area (Å²) in [6.07, 6.45) is 6.56. The maximum atomic E-state index is 9.09. The van der Waals surface area contributed by atoms with Crippen molar-refractivity contribution in [2.24, 2.45) is 17.6 Å². The van der Waals surface area contributed by atoms with E-state index >= 15 is 0 Å². The number of nitrogens with zero attached hydrogens (tertiary/aromatic N) is 3. The van der Waals surface area contributed by atoms with E-state index in [1.54, 1.807) is 6.20 Å². The van der Waals surface area contributed by atoms with Crippen LogP contribution in [0.4, 0.5) is 0 Å². The van der Waals surface area contributed by atoms with Gasteiger partial charge in [-0.25, -0.2) is 4.98 Å². The molecule has 1 aromatic carbocycles. The van der Waals surface area contributed by atoms with Crippen LogP contribution in [0.2, 0.25) is 0 Å². The Kier molecular flexibility index (Phi) is 5.79. The molecule has 0 bridgehead atoms. The summed E-state index contributed by atoms with van der Waals surface area (Å²) in [5, 5.41) is 13.3. The van der Waals surface area contributed by atoms with Gasteiger partial charge in [-0.2, -0.15) is 0 Å². The average Bonchev–Trinajstić information content (AvgIpc) is 3.38. The Bertz CT molecular complexity index is 1000. The molecule has 1 fully saturated rings. The van der Waals surface area contributed by atoms with Crippen molar-refractivity contribution in [3.8, 4) is 23.2 Å². The molecule has 4 rings (SSSR count). The molecule has 0 amide bonds. The summed E-state index contributed by atoms with van der Waals surface area (Å²) >= 11 is 0. The Balaban J connectivity index is 1.47. The molecule has 2 heterocycles. The van der Waals surface area contributed by atoms with Crippen LogP contribution in [0.15, 0.2) is 47.2 Å². The van der Waals surface area contributed by atoms with E-state index in [0.29, 0.717) is 24.1 Å². The average molecular weight is 390 g/mol. The van der Waals surface area contributed by atoms with Crippen LogP contribution in [0.25, 0.3) is 11.3 Å². The topological polar surface area (TPSA) is 90.1 Å². The smallest absolute Gasteiger partial charge is 0.167 e. The summed E-state index contributed by atoms with van der Waals surface area (Å²) in [5.41, 5.74) is 8.75. The summed E-state index contributed by atoms with van der Waals surface area (Å²) in [6.45, 7) is 2.76. The van der Waals surface area contributed by atoms with Crippen LogP contribution >= 0.6 is 0 Å². The Labute approximate surface area is 170 Å². The highest BCUT2D eigenvalue weighted by molar-refractivity contribution is 5.59. The molecular weight excluding hydrogens is 364 g/mol. The van der Waals surface area contributed by atoms with Gasteiger partial charge in [0.05, 0.1) is 6.04 Å². The molecule has 2 aromatic heterocycles. The molecule has 0 spiro atoms. The lowest BCUT2D eigenvalue weighted by Crippen LogP contribution is -2.25. The number of aryl methyl sites for hydroxylation is 1. The van der Waals surface area contributed by atoms with E-state index in [0.717, 1.165) is 41.9 Å². The van der Waals surface area contributed by atoms with Crippen LogP contribution < -0.4 is 5.73 Å². The lowest BCUT2D eigenvalue weighted by molar-refractivity contribution is 0.134. The maximum absolute atomic E-state index is 9.09. The molecule has 0 radical (unpaired) electrons. The van der Waals surface area contributed by atoms with Crippen LogP contribution in [0.3, 0.4) is 0 Å².